The van der Waals surface area contributed by atoms with E-state index < -0.39 is 0 Å². The lowest BCUT2D eigenvalue weighted by molar-refractivity contribution is 0.207. The second kappa shape index (κ2) is 14.2. The third-order valence-corrected chi connectivity index (χ3v) is 7.56. The number of urea groups is 1. The summed E-state index contributed by atoms with van der Waals surface area (Å²) in [5.41, 5.74) is 5.83. The zero-order valence-corrected chi connectivity index (χ0v) is 25.6. The highest BCUT2D eigenvalue weighted by Crippen LogP contribution is 2.33. The van der Waals surface area contributed by atoms with Crippen LogP contribution in [0.1, 0.15) is 76.0 Å². The molecule has 42 heavy (non-hydrogen) atoms. The van der Waals surface area contributed by atoms with Crippen LogP contribution < -0.4 is 15.4 Å². The van der Waals surface area contributed by atoms with Crippen molar-refractivity contribution in [2.45, 2.75) is 71.9 Å². The molecule has 0 saturated carbocycles. The minimum atomic E-state index is -0.290. The van der Waals surface area contributed by atoms with Crippen LogP contribution in [0, 0.1) is 5.82 Å². The minimum Gasteiger partial charge on any atom is -0.497 e. The molecule has 4 rings (SSSR count). The lowest BCUT2D eigenvalue weighted by Gasteiger charge is -2.27. The number of nitrogens with zero attached hydrogens (tertiary/aromatic N) is 2. The molecule has 1 heterocycles. The Hall–Kier alpha value is -4.13. The maximum absolute atomic E-state index is 13.8. The number of amides is 2. The smallest absolute Gasteiger partial charge is 0.322 e. The fourth-order valence-electron chi connectivity index (χ4n) is 5.26. The summed E-state index contributed by atoms with van der Waals surface area (Å²) < 4.78 is 19.1. The summed E-state index contributed by atoms with van der Waals surface area (Å²) in [4.78, 5) is 20.2. The number of nitrogens with one attached hydrogen (secondary N) is 2. The Morgan fingerprint density at radius 2 is 1.64 bits per heavy atom. The summed E-state index contributed by atoms with van der Waals surface area (Å²) in [7, 11) is 1.66. The van der Waals surface area contributed by atoms with Gasteiger partial charge in [-0.1, -0.05) is 64.1 Å². The SMILES string of the molecule is COc1cc(NC(C)CCCN(Cc2ccc(F)cc2)C(=O)Nc2c(C(C)C)cccc2C(C)C)c2ncccc2c1. The highest BCUT2D eigenvalue weighted by molar-refractivity contribution is 5.92. The lowest BCUT2D eigenvalue weighted by Crippen LogP contribution is -2.36. The fourth-order valence-corrected chi connectivity index (χ4v) is 5.26. The van der Waals surface area contributed by atoms with Crippen LogP contribution in [0.2, 0.25) is 0 Å². The van der Waals surface area contributed by atoms with Crippen LogP contribution in [0.4, 0.5) is 20.6 Å². The molecule has 1 unspecified atom stereocenters. The largest absolute Gasteiger partial charge is 0.497 e. The van der Waals surface area contributed by atoms with Crippen LogP contribution in [0.5, 0.6) is 5.75 Å². The topological polar surface area (TPSA) is 66.5 Å². The van der Waals surface area contributed by atoms with E-state index >= 15 is 0 Å². The highest BCUT2D eigenvalue weighted by atomic mass is 19.1. The molecule has 0 aliphatic heterocycles. The van der Waals surface area contributed by atoms with E-state index in [-0.39, 0.29) is 29.7 Å². The number of halogens is 1. The van der Waals surface area contributed by atoms with Crippen molar-refractivity contribution >= 4 is 28.3 Å². The van der Waals surface area contributed by atoms with Gasteiger partial charge in [-0.05, 0) is 72.6 Å². The van der Waals surface area contributed by atoms with E-state index in [1.54, 1.807) is 25.4 Å². The van der Waals surface area contributed by atoms with Gasteiger partial charge in [0.25, 0.3) is 0 Å². The van der Waals surface area contributed by atoms with E-state index in [1.165, 1.54) is 12.1 Å². The van der Waals surface area contributed by atoms with Crippen LogP contribution in [-0.2, 0) is 6.54 Å². The van der Waals surface area contributed by atoms with Gasteiger partial charge in [-0.2, -0.15) is 0 Å². The number of carbonyl (C=O) groups is 1. The van der Waals surface area contributed by atoms with Crippen molar-refractivity contribution in [3.63, 3.8) is 0 Å². The van der Waals surface area contributed by atoms with Gasteiger partial charge < -0.3 is 20.3 Å². The van der Waals surface area contributed by atoms with E-state index in [0.717, 1.165) is 57.6 Å². The fraction of sp³-hybridized carbons (Fsp3) is 0.371. The first-order valence-corrected chi connectivity index (χ1v) is 14.8. The highest BCUT2D eigenvalue weighted by Gasteiger charge is 2.20. The van der Waals surface area contributed by atoms with Crippen LogP contribution in [0.15, 0.2) is 72.9 Å². The molecule has 0 bridgehead atoms. The lowest BCUT2D eigenvalue weighted by atomic mass is 9.93. The number of carbonyl (C=O) groups excluding carboxylic acids is 1. The van der Waals surface area contributed by atoms with Crippen molar-refractivity contribution in [3.8, 4) is 5.75 Å². The summed E-state index contributed by atoms with van der Waals surface area (Å²) >= 11 is 0. The van der Waals surface area contributed by atoms with Crippen LogP contribution >= 0.6 is 0 Å². The summed E-state index contributed by atoms with van der Waals surface area (Å²) in [6.45, 7) is 11.6. The first-order valence-electron chi connectivity index (χ1n) is 14.8. The normalized spacial score (nSPS) is 12.0. The molecule has 0 aliphatic carbocycles. The van der Waals surface area contributed by atoms with Crippen molar-refractivity contribution in [3.05, 3.63) is 95.4 Å². The molecule has 0 radical (unpaired) electrons. The Kier molecular flexibility index (Phi) is 10.4. The Morgan fingerprint density at radius 1 is 0.952 bits per heavy atom. The van der Waals surface area contributed by atoms with E-state index in [0.29, 0.717) is 13.1 Å². The number of para-hydroxylation sites is 1. The Bertz CT molecular complexity index is 1460. The quantitative estimate of drug-likeness (QED) is 0.178. The van der Waals surface area contributed by atoms with Crippen molar-refractivity contribution in [2.24, 2.45) is 0 Å². The third-order valence-electron chi connectivity index (χ3n) is 7.56. The van der Waals surface area contributed by atoms with Gasteiger partial charge in [0.1, 0.15) is 11.6 Å². The molecule has 6 nitrogen and oxygen atoms in total. The standard InChI is InChI=1S/C35H43FN4O2/c1-23(2)30-12-7-13-31(24(3)4)34(30)39-35(41)40(22-26-14-16-28(36)17-15-26)19-9-10-25(5)38-32-21-29(42-6)20-27-11-8-18-37-33(27)32/h7-8,11-18,20-21,23-25,38H,9-10,19,22H2,1-6H3,(H,39,41). The summed E-state index contributed by atoms with van der Waals surface area (Å²) in [5.74, 6) is 1.01. The van der Waals surface area contributed by atoms with Gasteiger partial charge in [0.05, 0.1) is 18.3 Å². The molecule has 2 N–H and O–H groups in total. The number of aromatic nitrogens is 1. The second-order valence-electron chi connectivity index (χ2n) is 11.5. The van der Waals surface area contributed by atoms with Gasteiger partial charge in [-0.25, -0.2) is 9.18 Å². The zero-order valence-electron chi connectivity index (χ0n) is 25.6. The van der Waals surface area contributed by atoms with E-state index in [9.17, 15) is 9.18 Å². The number of ether oxygens (including phenoxy) is 1. The predicted molar refractivity (Wildman–Crippen MR) is 171 cm³/mol. The number of methoxy groups -OCH3 is 1. The number of benzene rings is 3. The number of rotatable bonds is 12. The van der Waals surface area contributed by atoms with Crippen LogP contribution in [0.25, 0.3) is 10.9 Å². The maximum Gasteiger partial charge on any atom is 0.322 e. The maximum atomic E-state index is 13.8. The first-order chi connectivity index (χ1) is 20.2. The molecular formula is C35H43FN4O2. The Labute approximate surface area is 249 Å². The molecule has 1 atom stereocenters. The van der Waals surface area contributed by atoms with Crippen LogP contribution in [0.3, 0.4) is 0 Å². The molecule has 4 aromatic rings. The number of hydrogen-bond acceptors (Lipinski definition) is 4. The molecule has 0 fully saturated rings. The molecule has 3 aromatic carbocycles. The predicted octanol–water partition coefficient (Wildman–Crippen LogP) is 8.94. The Balaban J connectivity index is 1.50. The van der Waals surface area contributed by atoms with Crippen LogP contribution in [-0.4, -0.2) is 35.6 Å². The van der Waals surface area contributed by atoms with Crippen molar-refractivity contribution in [2.75, 3.05) is 24.3 Å². The summed E-state index contributed by atoms with van der Waals surface area (Å²) in [6, 6.07) is 20.5. The summed E-state index contributed by atoms with van der Waals surface area (Å²) in [5, 5.41) is 7.86. The Morgan fingerprint density at radius 3 is 2.29 bits per heavy atom. The zero-order chi connectivity index (χ0) is 30.2. The van der Waals surface area contributed by atoms with Gasteiger partial charge in [-0.3, -0.25) is 4.98 Å². The number of anilines is 2. The van der Waals surface area contributed by atoms with Gasteiger partial charge in [0.15, 0.2) is 0 Å². The molecule has 7 heteroatoms. The molecule has 0 spiro atoms. The van der Waals surface area contributed by atoms with Gasteiger partial charge in [0.2, 0.25) is 0 Å². The molecule has 0 aliphatic rings. The van der Waals surface area contributed by atoms with Crippen molar-refractivity contribution < 1.29 is 13.9 Å². The van der Waals surface area contributed by atoms with Gasteiger partial charge in [-0.15, -0.1) is 0 Å². The monoisotopic (exact) mass is 570 g/mol. The van der Waals surface area contributed by atoms with Crippen molar-refractivity contribution in [1.82, 2.24) is 9.88 Å². The van der Waals surface area contributed by atoms with E-state index in [4.69, 9.17) is 4.74 Å². The second-order valence-corrected chi connectivity index (χ2v) is 11.5. The first kappa shape index (κ1) is 30.8. The third kappa shape index (κ3) is 7.78. The number of hydrogen-bond donors (Lipinski definition) is 2. The molecule has 1 aromatic heterocycles. The molecular weight excluding hydrogens is 527 g/mol. The van der Waals surface area contributed by atoms with E-state index in [1.807, 2.05) is 29.2 Å². The number of fused-ring (bicyclic) bond motifs is 1. The van der Waals surface area contributed by atoms with Crippen molar-refractivity contribution in [1.29, 1.82) is 0 Å². The minimum absolute atomic E-state index is 0.132. The molecule has 2 amide bonds. The molecule has 222 valence electrons. The summed E-state index contributed by atoms with van der Waals surface area (Å²) in [6.07, 6.45) is 3.40. The number of pyridine rings is 1. The van der Waals surface area contributed by atoms with E-state index in [2.05, 4.69) is 68.4 Å². The van der Waals surface area contributed by atoms with Gasteiger partial charge >= 0.3 is 6.03 Å². The van der Waals surface area contributed by atoms with Gasteiger partial charge in [0, 0.05) is 42.5 Å². The average Bonchev–Trinajstić information content (AvgIpc) is 2.97. The average molecular weight is 571 g/mol. The molecule has 0 saturated heterocycles.